The molecule has 0 aliphatic heterocycles. The lowest BCUT2D eigenvalue weighted by atomic mass is 10.2. The summed E-state index contributed by atoms with van der Waals surface area (Å²) in [5.74, 6) is -0.923. The van der Waals surface area contributed by atoms with Gasteiger partial charge in [0.2, 0.25) is 0 Å². The quantitative estimate of drug-likeness (QED) is 0.873. The molecule has 0 spiro atoms. The number of nitrogens with two attached hydrogens (primary N) is 1. The van der Waals surface area contributed by atoms with Crippen molar-refractivity contribution in [2.45, 2.75) is 6.43 Å². The highest BCUT2D eigenvalue weighted by Crippen LogP contribution is 2.24. The van der Waals surface area contributed by atoms with E-state index in [4.69, 9.17) is 5.73 Å². The minimum absolute atomic E-state index is 0.0986. The predicted molar refractivity (Wildman–Crippen MR) is 54.6 cm³/mol. The number of halogens is 3. The molecule has 2 N–H and O–H groups in total. The van der Waals surface area contributed by atoms with Gasteiger partial charge in [-0.2, -0.15) is 0 Å². The molecule has 0 amide bonds. The Morgan fingerprint density at radius 2 is 1.94 bits per heavy atom. The molecule has 2 rings (SSSR count). The fourth-order valence-electron chi connectivity index (χ4n) is 1.26. The van der Waals surface area contributed by atoms with Gasteiger partial charge in [0.1, 0.15) is 11.5 Å². The summed E-state index contributed by atoms with van der Waals surface area (Å²) in [6, 6.07) is 1.13. The summed E-state index contributed by atoms with van der Waals surface area (Å²) in [5, 5.41) is 0. The van der Waals surface area contributed by atoms with Crippen LogP contribution < -0.4 is 5.73 Å². The Bertz CT molecular complexity index is 545. The Hall–Kier alpha value is -2.18. The van der Waals surface area contributed by atoms with Gasteiger partial charge < -0.3 is 5.73 Å². The molecule has 0 bridgehead atoms. The molecule has 0 saturated heterocycles. The largest absolute Gasteiger partial charge is 0.382 e. The maximum absolute atomic E-state index is 12.9. The number of rotatable bonds is 2. The number of hydrogen-bond acceptors (Lipinski definition) is 4. The Morgan fingerprint density at radius 3 is 2.59 bits per heavy atom. The summed E-state index contributed by atoms with van der Waals surface area (Å²) >= 11 is 0. The second kappa shape index (κ2) is 4.36. The third-order valence-electron chi connectivity index (χ3n) is 2.04. The van der Waals surface area contributed by atoms with E-state index in [1.54, 1.807) is 0 Å². The first-order chi connectivity index (χ1) is 8.08. The number of nitrogens with zero attached hydrogens (tertiary/aromatic N) is 3. The Morgan fingerprint density at radius 1 is 1.18 bits per heavy atom. The fourth-order valence-corrected chi connectivity index (χ4v) is 1.26. The highest BCUT2D eigenvalue weighted by molar-refractivity contribution is 5.58. The number of aromatic nitrogens is 3. The van der Waals surface area contributed by atoms with Crippen LogP contribution in [0.4, 0.5) is 19.0 Å². The molecule has 2 heterocycles. The summed E-state index contributed by atoms with van der Waals surface area (Å²) in [4.78, 5) is 10.8. The summed E-state index contributed by atoms with van der Waals surface area (Å²) in [5.41, 5.74) is 5.00. The number of anilines is 1. The van der Waals surface area contributed by atoms with Crippen LogP contribution in [-0.2, 0) is 0 Å². The monoisotopic (exact) mass is 240 g/mol. The minimum atomic E-state index is -2.83. The summed E-state index contributed by atoms with van der Waals surface area (Å²) in [7, 11) is 0. The van der Waals surface area contributed by atoms with Crippen LogP contribution in [0.25, 0.3) is 11.3 Å². The third kappa shape index (κ3) is 2.32. The Labute approximate surface area is 94.3 Å². The summed E-state index contributed by atoms with van der Waals surface area (Å²) in [6.45, 7) is 0. The molecule has 0 aromatic carbocycles. The van der Waals surface area contributed by atoms with Gasteiger partial charge in [0.25, 0.3) is 6.43 Å². The van der Waals surface area contributed by atoms with Crippen molar-refractivity contribution in [3.8, 4) is 11.3 Å². The molecule has 0 atom stereocenters. The second-order valence-corrected chi connectivity index (χ2v) is 3.22. The van der Waals surface area contributed by atoms with E-state index in [0.29, 0.717) is 0 Å². The number of hydrogen-bond donors (Lipinski definition) is 1. The van der Waals surface area contributed by atoms with Crippen molar-refractivity contribution < 1.29 is 13.2 Å². The van der Waals surface area contributed by atoms with Crippen LogP contribution in [0.1, 0.15) is 12.1 Å². The number of nitrogen functional groups attached to an aromatic ring is 1. The van der Waals surface area contributed by atoms with Crippen LogP contribution in [0.2, 0.25) is 0 Å². The molecular weight excluding hydrogens is 233 g/mol. The summed E-state index contributed by atoms with van der Waals surface area (Å²) in [6.07, 6.45) is 0.669. The lowest BCUT2D eigenvalue weighted by Gasteiger charge is -2.05. The maximum atomic E-state index is 12.9. The molecule has 0 unspecified atom stereocenters. The molecule has 7 heteroatoms. The van der Waals surface area contributed by atoms with E-state index in [0.717, 1.165) is 12.3 Å². The topological polar surface area (TPSA) is 64.7 Å². The van der Waals surface area contributed by atoms with Crippen molar-refractivity contribution in [1.82, 2.24) is 15.0 Å². The smallest absolute Gasteiger partial charge is 0.284 e. The van der Waals surface area contributed by atoms with Gasteiger partial charge in [0, 0.05) is 11.8 Å². The molecular formula is C10H7F3N4. The lowest BCUT2D eigenvalue weighted by Crippen LogP contribution is -2.02. The van der Waals surface area contributed by atoms with Gasteiger partial charge in [-0.25, -0.2) is 23.1 Å². The third-order valence-corrected chi connectivity index (χ3v) is 2.04. The van der Waals surface area contributed by atoms with Crippen molar-refractivity contribution in [2.75, 3.05) is 5.73 Å². The zero-order chi connectivity index (χ0) is 12.4. The van der Waals surface area contributed by atoms with Crippen LogP contribution in [0.15, 0.2) is 24.7 Å². The lowest BCUT2D eigenvalue weighted by molar-refractivity contribution is 0.147. The molecule has 17 heavy (non-hydrogen) atoms. The first kappa shape index (κ1) is 11.3. The van der Waals surface area contributed by atoms with Crippen molar-refractivity contribution in [1.29, 1.82) is 0 Å². The Kier molecular flexibility index (Phi) is 2.90. The molecule has 88 valence electrons. The van der Waals surface area contributed by atoms with Crippen LogP contribution in [0.3, 0.4) is 0 Å². The van der Waals surface area contributed by atoms with Crippen molar-refractivity contribution in [3.63, 3.8) is 0 Å². The van der Waals surface area contributed by atoms with Gasteiger partial charge >= 0.3 is 0 Å². The van der Waals surface area contributed by atoms with Gasteiger partial charge in [-0.15, -0.1) is 0 Å². The molecule has 4 nitrogen and oxygen atoms in total. The van der Waals surface area contributed by atoms with E-state index < -0.39 is 17.9 Å². The highest BCUT2D eigenvalue weighted by Gasteiger charge is 2.16. The molecule has 2 aromatic heterocycles. The minimum Gasteiger partial charge on any atom is -0.382 e. The van der Waals surface area contributed by atoms with Gasteiger partial charge in [0.05, 0.1) is 18.1 Å². The van der Waals surface area contributed by atoms with Crippen molar-refractivity contribution in [3.05, 3.63) is 36.2 Å². The average molecular weight is 240 g/mol. The van der Waals surface area contributed by atoms with Crippen LogP contribution in [0, 0.1) is 5.82 Å². The van der Waals surface area contributed by atoms with Gasteiger partial charge in [-0.1, -0.05) is 0 Å². The van der Waals surface area contributed by atoms with E-state index in [-0.39, 0.29) is 17.1 Å². The zero-order valence-corrected chi connectivity index (χ0v) is 8.44. The maximum Gasteiger partial charge on any atom is 0.284 e. The van der Waals surface area contributed by atoms with Gasteiger partial charge in [-0.3, -0.25) is 4.98 Å². The second-order valence-electron chi connectivity index (χ2n) is 3.22. The predicted octanol–water partition coefficient (Wildman–Crippen LogP) is 2.20. The molecule has 0 aliphatic rings. The first-order valence-corrected chi connectivity index (χ1v) is 4.59. The normalized spacial score (nSPS) is 10.8. The van der Waals surface area contributed by atoms with E-state index in [1.165, 1.54) is 12.4 Å². The Balaban J connectivity index is 2.50. The van der Waals surface area contributed by atoms with E-state index in [1.807, 2.05) is 0 Å². The van der Waals surface area contributed by atoms with Crippen LogP contribution in [0.5, 0.6) is 0 Å². The molecule has 0 saturated carbocycles. The average Bonchev–Trinajstić information content (AvgIpc) is 2.29. The molecule has 0 fully saturated rings. The van der Waals surface area contributed by atoms with Gasteiger partial charge in [-0.05, 0) is 6.07 Å². The highest BCUT2D eigenvalue weighted by atomic mass is 19.3. The molecule has 0 aliphatic carbocycles. The van der Waals surface area contributed by atoms with Crippen molar-refractivity contribution in [2.24, 2.45) is 0 Å². The fraction of sp³-hybridized carbons (Fsp3) is 0.100. The van der Waals surface area contributed by atoms with E-state index in [9.17, 15) is 13.2 Å². The van der Waals surface area contributed by atoms with Crippen LogP contribution in [-0.4, -0.2) is 15.0 Å². The van der Waals surface area contributed by atoms with E-state index >= 15 is 0 Å². The van der Waals surface area contributed by atoms with Crippen molar-refractivity contribution >= 4 is 5.82 Å². The number of pyridine rings is 1. The van der Waals surface area contributed by atoms with Crippen LogP contribution >= 0.6 is 0 Å². The first-order valence-electron chi connectivity index (χ1n) is 4.59. The van der Waals surface area contributed by atoms with E-state index in [2.05, 4.69) is 15.0 Å². The summed E-state index contributed by atoms with van der Waals surface area (Å²) < 4.78 is 38.0. The number of alkyl halides is 2. The SMILES string of the molecule is Nc1ncc(-c2cncc(F)c2)nc1C(F)F. The molecule has 0 radical (unpaired) electrons. The van der Waals surface area contributed by atoms with Gasteiger partial charge in [0.15, 0.2) is 5.82 Å². The zero-order valence-electron chi connectivity index (χ0n) is 8.44. The standard InChI is InChI=1S/C10H7F3N4/c11-6-1-5(2-15-3-6)7-4-16-10(14)8(17-7)9(12)13/h1-4,9H,(H2,14,16). The molecule has 2 aromatic rings.